The lowest BCUT2D eigenvalue weighted by Crippen LogP contribution is -2.30. The van der Waals surface area contributed by atoms with Crippen molar-refractivity contribution in [3.63, 3.8) is 0 Å². The average Bonchev–Trinajstić information content (AvgIpc) is 0.935. The monoisotopic (exact) mass is 1470 g/mol. The van der Waals surface area contributed by atoms with E-state index in [4.69, 9.17) is 37.0 Å². The summed E-state index contributed by atoms with van der Waals surface area (Å²) in [5.41, 5.74) is 0. The van der Waals surface area contributed by atoms with Crippen molar-refractivity contribution in [2.24, 2.45) is 17.8 Å². The minimum absolute atomic E-state index is 0.107. The maximum Gasteiger partial charge on any atom is 0.472 e. The average molecular weight is 1470 g/mol. The van der Waals surface area contributed by atoms with Gasteiger partial charge in [-0.1, -0.05) is 370 Å². The van der Waals surface area contributed by atoms with Crippen LogP contribution in [0.15, 0.2) is 0 Å². The molecule has 0 aliphatic carbocycles. The number of ether oxygens (including phenoxy) is 4. The lowest BCUT2D eigenvalue weighted by molar-refractivity contribution is -0.161. The second kappa shape index (κ2) is 71.3. The van der Waals surface area contributed by atoms with E-state index >= 15 is 0 Å². The highest BCUT2D eigenvalue weighted by molar-refractivity contribution is 7.47. The highest BCUT2D eigenvalue weighted by Crippen LogP contribution is 2.45. The SMILES string of the molecule is CCCCCCCCCCCCCCC(=O)OC[C@H](COP(=O)(O)OC[C@H](O)COP(=O)(O)OC[C@@H](COC(=O)CCCCCCCCCCCCCCCCC(C)C)OC(=O)CCCCCCCCCCCCCCCCC(C)C)OC(=O)CCCCCCCCCCCCCC(C)C. The number of aliphatic hydroxyl groups excluding tert-OH is 1. The Morgan fingerprint density at radius 2 is 0.460 bits per heavy atom. The molecule has 0 aromatic rings. The molecule has 0 fully saturated rings. The number of phosphoric ester groups is 2. The smallest absolute Gasteiger partial charge is 0.462 e. The number of unbranched alkanes of at least 4 members (excludes halogenated alkanes) is 47. The van der Waals surface area contributed by atoms with Crippen molar-refractivity contribution in [3.8, 4) is 0 Å². The molecule has 3 N–H and O–H groups in total. The molecular formula is C81H158O17P2. The fourth-order valence-corrected chi connectivity index (χ4v) is 14.1. The van der Waals surface area contributed by atoms with Gasteiger partial charge < -0.3 is 33.8 Å². The van der Waals surface area contributed by atoms with Gasteiger partial charge in [0.1, 0.15) is 19.3 Å². The first-order chi connectivity index (χ1) is 48.2. The number of esters is 4. The fraction of sp³-hybridized carbons (Fsp3) is 0.951. The van der Waals surface area contributed by atoms with Crippen LogP contribution in [0.2, 0.25) is 0 Å². The Morgan fingerprint density at radius 1 is 0.270 bits per heavy atom. The van der Waals surface area contributed by atoms with Gasteiger partial charge in [-0.3, -0.25) is 37.3 Å². The van der Waals surface area contributed by atoms with Gasteiger partial charge in [0.2, 0.25) is 0 Å². The van der Waals surface area contributed by atoms with Crippen LogP contribution in [0, 0.1) is 17.8 Å². The summed E-state index contributed by atoms with van der Waals surface area (Å²) in [6.07, 6.45) is 59.5. The van der Waals surface area contributed by atoms with E-state index in [1.807, 2.05) is 0 Å². The normalized spacial score (nSPS) is 14.0. The number of hydrogen-bond donors (Lipinski definition) is 3. The molecule has 0 aliphatic heterocycles. The predicted molar refractivity (Wildman–Crippen MR) is 409 cm³/mol. The van der Waals surface area contributed by atoms with Gasteiger partial charge in [-0.25, -0.2) is 9.13 Å². The van der Waals surface area contributed by atoms with E-state index in [0.29, 0.717) is 25.7 Å². The molecule has 19 heteroatoms. The van der Waals surface area contributed by atoms with Gasteiger partial charge in [0.25, 0.3) is 0 Å². The topological polar surface area (TPSA) is 237 Å². The molecule has 0 spiro atoms. The van der Waals surface area contributed by atoms with Crippen molar-refractivity contribution in [1.29, 1.82) is 0 Å². The van der Waals surface area contributed by atoms with E-state index in [1.165, 1.54) is 231 Å². The van der Waals surface area contributed by atoms with Crippen LogP contribution in [-0.4, -0.2) is 96.7 Å². The Labute approximate surface area is 613 Å². The van der Waals surface area contributed by atoms with E-state index in [2.05, 4.69) is 48.5 Å². The van der Waals surface area contributed by atoms with Gasteiger partial charge >= 0.3 is 39.5 Å². The Morgan fingerprint density at radius 3 is 0.680 bits per heavy atom. The number of hydrogen-bond acceptors (Lipinski definition) is 15. The van der Waals surface area contributed by atoms with E-state index in [9.17, 15) is 43.2 Å². The summed E-state index contributed by atoms with van der Waals surface area (Å²) in [5, 5.41) is 10.6. The maximum absolute atomic E-state index is 13.1. The zero-order valence-corrected chi connectivity index (χ0v) is 67.5. The molecule has 0 heterocycles. The predicted octanol–water partition coefficient (Wildman–Crippen LogP) is 24.1. The van der Waals surface area contributed by atoms with E-state index in [1.54, 1.807) is 0 Å². The first-order valence-electron chi connectivity index (χ1n) is 41.8. The Bertz CT molecular complexity index is 1940. The van der Waals surface area contributed by atoms with Crippen LogP contribution in [0.25, 0.3) is 0 Å². The van der Waals surface area contributed by atoms with Crippen LogP contribution in [0.3, 0.4) is 0 Å². The van der Waals surface area contributed by atoms with E-state index in [-0.39, 0.29) is 25.7 Å². The highest BCUT2D eigenvalue weighted by atomic mass is 31.2. The zero-order chi connectivity index (χ0) is 73.7. The van der Waals surface area contributed by atoms with Crippen LogP contribution in [0.1, 0.15) is 421 Å². The lowest BCUT2D eigenvalue weighted by atomic mass is 10.0. The number of carbonyl (C=O) groups is 4. The lowest BCUT2D eigenvalue weighted by Gasteiger charge is -2.21. The molecule has 0 rings (SSSR count). The van der Waals surface area contributed by atoms with Crippen LogP contribution in [0.5, 0.6) is 0 Å². The van der Waals surface area contributed by atoms with Crippen LogP contribution < -0.4 is 0 Å². The molecule has 594 valence electrons. The summed E-state index contributed by atoms with van der Waals surface area (Å²) in [6.45, 7) is 12.0. The second-order valence-corrected chi connectivity index (χ2v) is 33.5. The van der Waals surface area contributed by atoms with Gasteiger partial charge in [0.15, 0.2) is 12.2 Å². The molecule has 0 bridgehead atoms. The highest BCUT2D eigenvalue weighted by Gasteiger charge is 2.30. The Balaban J connectivity index is 5.26. The zero-order valence-electron chi connectivity index (χ0n) is 65.7. The molecule has 100 heavy (non-hydrogen) atoms. The van der Waals surface area contributed by atoms with Crippen molar-refractivity contribution in [3.05, 3.63) is 0 Å². The van der Waals surface area contributed by atoms with Crippen molar-refractivity contribution in [2.45, 2.75) is 439 Å². The number of phosphoric acid groups is 2. The van der Waals surface area contributed by atoms with Gasteiger partial charge in [0.05, 0.1) is 26.4 Å². The maximum atomic E-state index is 13.1. The van der Waals surface area contributed by atoms with Crippen molar-refractivity contribution in [2.75, 3.05) is 39.6 Å². The summed E-state index contributed by atoms with van der Waals surface area (Å²) in [5.74, 6) is 0.251. The molecule has 0 amide bonds. The first kappa shape index (κ1) is 98.1. The van der Waals surface area contributed by atoms with Gasteiger partial charge in [0, 0.05) is 25.7 Å². The van der Waals surface area contributed by atoms with Gasteiger partial charge in [-0.2, -0.15) is 0 Å². The molecule has 0 saturated heterocycles. The minimum atomic E-state index is -4.96. The summed E-state index contributed by atoms with van der Waals surface area (Å²) >= 11 is 0. The standard InChI is InChI=1S/C81H158O17P2/c1-8-9-10-11-12-13-14-27-34-41-48-55-62-78(83)91-68-77(98-81(86)65-58-51-44-37-30-23-26-33-40-47-54-61-74(6)7)71-96-100(89,90)94-67-75(82)66-93-99(87,88)95-70-76(97-80(85)64-57-50-43-36-29-22-18-16-20-25-32-39-46-53-60-73(4)5)69-92-79(84)63-56-49-42-35-28-21-17-15-19-24-31-38-45-52-59-72(2)3/h72-77,82H,8-71H2,1-7H3,(H,87,88)(H,89,90)/t75-,76-,77-/m1/s1. The molecule has 0 aromatic carbocycles. The second-order valence-electron chi connectivity index (χ2n) is 30.6. The van der Waals surface area contributed by atoms with Gasteiger partial charge in [-0.15, -0.1) is 0 Å². The van der Waals surface area contributed by atoms with E-state index < -0.39 is 97.5 Å². The van der Waals surface area contributed by atoms with Crippen LogP contribution in [0.4, 0.5) is 0 Å². The molecule has 0 saturated carbocycles. The summed E-state index contributed by atoms with van der Waals surface area (Å²) in [4.78, 5) is 73.1. The number of rotatable bonds is 79. The van der Waals surface area contributed by atoms with Crippen molar-refractivity contribution in [1.82, 2.24) is 0 Å². The third kappa shape index (κ3) is 74.3. The molecule has 17 nitrogen and oxygen atoms in total. The summed E-state index contributed by atoms with van der Waals surface area (Å²) < 4.78 is 68.8. The fourth-order valence-electron chi connectivity index (χ4n) is 12.5. The molecule has 5 atom stereocenters. The van der Waals surface area contributed by atoms with Crippen molar-refractivity contribution < 1.29 is 80.2 Å². The Hall–Kier alpha value is -1.94. The van der Waals surface area contributed by atoms with E-state index in [0.717, 1.165) is 108 Å². The Kier molecular flexibility index (Phi) is 69.9. The number of aliphatic hydroxyl groups is 1. The van der Waals surface area contributed by atoms with Crippen molar-refractivity contribution >= 4 is 39.5 Å². The van der Waals surface area contributed by atoms with Crippen LogP contribution >= 0.6 is 15.6 Å². The van der Waals surface area contributed by atoms with Gasteiger partial charge in [-0.05, 0) is 43.4 Å². The third-order valence-electron chi connectivity index (χ3n) is 18.9. The minimum Gasteiger partial charge on any atom is -0.462 e. The first-order valence-corrected chi connectivity index (χ1v) is 44.8. The third-order valence-corrected chi connectivity index (χ3v) is 20.8. The quantitative estimate of drug-likeness (QED) is 0.0222. The number of carbonyl (C=O) groups excluding carboxylic acids is 4. The largest absolute Gasteiger partial charge is 0.472 e. The summed E-state index contributed by atoms with van der Waals surface area (Å²) in [7, 11) is -9.92. The molecule has 0 aliphatic rings. The molecular weight excluding hydrogens is 1310 g/mol. The summed E-state index contributed by atoms with van der Waals surface area (Å²) in [6, 6.07) is 0. The van der Waals surface area contributed by atoms with Crippen LogP contribution in [-0.2, 0) is 65.4 Å². The molecule has 2 unspecified atom stereocenters. The molecule has 0 radical (unpaired) electrons. The molecule has 0 aromatic heterocycles.